The van der Waals surface area contributed by atoms with Gasteiger partial charge in [-0.25, -0.2) is 9.97 Å². The number of esters is 1. The molecule has 0 radical (unpaired) electrons. The van der Waals surface area contributed by atoms with E-state index in [1.165, 1.54) is 31.2 Å². The summed E-state index contributed by atoms with van der Waals surface area (Å²) < 4.78 is 5.30. The fraction of sp³-hybridized carbons (Fsp3) is 0.542. The Morgan fingerprint density at radius 2 is 1.68 bits per heavy atom. The molecule has 152 valence electrons. The molecule has 4 nitrogen and oxygen atoms in total. The van der Waals surface area contributed by atoms with Gasteiger partial charge in [-0.3, -0.25) is 4.79 Å². The summed E-state index contributed by atoms with van der Waals surface area (Å²) in [6.45, 7) is 6.93. The maximum atomic E-state index is 11.8. The molecule has 0 aliphatic heterocycles. The van der Waals surface area contributed by atoms with Crippen LogP contribution in [0.25, 0.3) is 11.4 Å². The standard InChI is InChI=1S/C24H34N2O2/c1-4-6-7-8-9-21-16-25-24(26-17-21)22-13-10-20(11-14-22)12-15-23(27)28-18-19(3)5-2/h10-11,13-14,16-17,19H,4-9,12,15,18H2,1-3H3/t19-/m1/s1. The molecule has 0 fully saturated rings. The number of unbranched alkanes of at least 4 members (excludes halogenated alkanes) is 3. The highest BCUT2D eigenvalue weighted by Gasteiger charge is 2.07. The summed E-state index contributed by atoms with van der Waals surface area (Å²) in [4.78, 5) is 20.9. The molecule has 1 atom stereocenters. The van der Waals surface area contributed by atoms with Gasteiger partial charge < -0.3 is 4.74 Å². The highest BCUT2D eigenvalue weighted by Crippen LogP contribution is 2.17. The highest BCUT2D eigenvalue weighted by atomic mass is 16.5. The first-order valence-corrected chi connectivity index (χ1v) is 10.7. The number of nitrogens with zero attached hydrogens (tertiary/aromatic N) is 2. The van der Waals surface area contributed by atoms with Gasteiger partial charge in [0.25, 0.3) is 0 Å². The van der Waals surface area contributed by atoms with Crippen molar-refractivity contribution < 1.29 is 9.53 Å². The van der Waals surface area contributed by atoms with E-state index in [9.17, 15) is 4.79 Å². The van der Waals surface area contributed by atoms with Crippen molar-refractivity contribution in [2.45, 2.75) is 72.1 Å². The van der Waals surface area contributed by atoms with Crippen LogP contribution in [-0.4, -0.2) is 22.5 Å². The van der Waals surface area contributed by atoms with E-state index in [2.05, 4.69) is 30.7 Å². The minimum Gasteiger partial charge on any atom is -0.465 e. The van der Waals surface area contributed by atoms with Crippen molar-refractivity contribution in [3.63, 3.8) is 0 Å². The summed E-state index contributed by atoms with van der Waals surface area (Å²) in [5.41, 5.74) is 3.32. The maximum Gasteiger partial charge on any atom is 0.306 e. The van der Waals surface area contributed by atoms with Crippen LogP contribution in [0.5, 0.6) is 0 Å². The van der Waals surface area contributed by atoms with Crippen LogP contribution in [0, 0.1) is 5.92 Å². The molecule has 0 amide bonds. The van der Waals surface area contributed by atoms with E-state index >= 15 is 0 Å². The number of hydrogen-bond donors (Lipinski definition) is 0. The molecule has 0 spiro atoms. The van der Waals surface area contributed by atoms with Gasteiger partial charge in [0.05, 0.1) is 6.61 Å². The number of carbonyl (C=O) groups is 1. The van der Waals surface area contributed by atoms with Crippen LogP contribution in [0.4, 0.5) is 0 Å². The van der Waals surface area contributed by atoms with Crippen LogP contribution in [0.15, 0.2) is 36.7 Å². The van der Waals surface area contributed by atoms with Crippen molar-refractivity contribution in [1.82, 2.24) is 9.97 Å². The zero-order valence-electron chi connectivity index (χ0n) is 17.6. The molecule has 2 rings (SSSR count). The number of aromatic nitrogens is 2. The lowest BCUT2D eigenvalue weighted by Gasteiger charge is -2.09. The van der Waals surface area contributed by atoms with Crippen molar-refractivity contribution in [2.75, 3.05) is 6.61 Å². The predicted octanol–water partition coefficient (Wildman–Crippen LogP) is 5.79. The van der Waals surface area contributed by atoms with E-state index in [0.717, 1.165) is 29.8 Å². The van der Waals surface area contributed by atoms with Crippen LogP contribution < -0.4 is 0 Å². The van der Waals surface area contributed by atoms with Gasteiger partial charge in [0.2, 0.25) is 0 Å². The number of hydrogen-bond acceptors (Lipinski definition) is 4. The average molecular weight is 383 g/mol. The summed E-state index contributed by atoms with van der Waals surface area (Å²) in [7, 11) is 0. The maximum absolute atomic E-state index is 11.8. The lowest BCUT2D eigenvalue weighted by Crippen LogP contribution is -2.11. The van der Waals surface area contributed by atoms with Gasteiger partial charge in [-0.1, -0.05) is 70.7 Å². The van der Waals surface area contributed by atoms with Gasteiger partial charge in [-0.05, 0) is 36.3 Å². The molecule has 4 heteroatoms. The minimum absolute atomic E-state index is 0.123. The molecule has 1 aromatic heterocycles. The zero-order chi connectivity index (χ0) is 20.2. The van der Waals surface area contributed by atoms with Crippen LogP contribution in [0.1, 0.15) is 70.4 Å². The van der Waals surface area contributed by atoms with Crippen molar-refractivity contribution in [1.29, 1.82) is 0 Å². The molecule has 0 saturated heterocycles. The first-order valence-electron chi connectivity index (χ1n) is 10.7. The molecule has 0 bridgehead atoms. The van der Waals surface area contributed by atoms with E-state index < -0.39 is 0 Å². The fourth-order valence-corrected chi connectivity index (χ4v) is 2.88. The van der Waals surface area contributed by atoms with Crippen LogP contribution in [0.2, 0.25) is 0 Å². The molecule has 28 heavy (non-hydrogen) atoms. The van der Waals surface area contributed by atoms with Crippen molar-refractivity contribution >= 4 is 5.97 Å². The topological polar surface area (TPSA) is 52.1 Å². The Labute approximate surface area is 169 Å². The molecule has 1 heterocycles. The third kappa shape index (κ3) is 7.79. The molecule has 0 aliphatic rings. The first kappa shape index (κ1) is 22.1. The summed E-state index contributed by atoms with van der Waals surface area (Å²) >= 11 is 0. The quantitative estimate of drug-likeness (QED) is 0.344. The number of aryl methyl sites for hydroxylation is 2. The van der Waals surface area contributed by atoms with Gasteiger partial charge in [0.15, 0.2) is 5.82 Å². The average Bonchev–Trinajstić information content (AvgIpc) is 2.74. The summed E-state index contributed by atoms with van der Waals surface area (Å²) in [5, 5.41) is 0. The Bertz CT molecular complexity index is 696. The second-order valence-corrected chi connectivity index (χ2v) is 7.62. The monoisotopic (exact) mass is 382 g/mol. The van der Waals surface area contributed by atoms with Gasteiger partial charge in [0.1, 0.15) is 0 Å². The number of rotatable bonds is 12. The Morgan fingerprint density at radius 3 is 2.32 bits per heavy atom. The SMILES string of the molecule is CCCCCCc1cnc(-c2ccc(CCC(=O)OC[C@H](C)CC)cc2)nc1. The molecule has 2 aromatic rings. The van der Waals surface area contributed by atoms with Crippen molar-refractivity contribution in [3.05, 3.63) is 47.8 Å². The Balaban J connectivity index is 1.80. The van der Waals surface area contributed by atoms with Crippen LogP contribution in [-0.2, 0) is 22.4 Å². The molecule has 0 aliphatic carbocycles. The van der Waals surface area contributed by atoms with Gasteiger partial charge >= 0.3 is 5.97 Å². The van der Waals surface area contributed by atoms with Gasteiger partial charge in [-0.2, -0.15) is 0 Å². The Hall–Kier alpha value is -2.23. The normalized spacial score (nSPS) is 12.0. The number of ether oxygens (including phenoxy) is 1. The Kier molecular flexibility index (Phi) is 9.67. The lowest BCUT2D eigenvalue weighted by atomic mass is 10.1. The van der Waals surface area contributed by atoms with Crippen molar-refractivity contribution in [3.8, 4) is 11.4 Å². The minimum atomic E-state index is -0.123. The molecular weight excluding hydrogens is 348 g/mol. The Morgan fingerprint density at radius 1 is 0.964 bits per heavy atom. The number of carbonyl (C=O) groups excluding carboxylic acids is 1. The molecule has 0 unspecified atom stereocenters. The van der Waals surface area contributed by atoms with E-state index in [0.29, 0.717) is 25.4 Å². The van der Waals surface area contributed by atoms with Gasteiger partial charge in [0, 0.05) is 24.4 Å². The van der Waals surface area contributed by atoms with E-state index in [-0.39, 0.29) is 5.97 Å². The second kappa shape index (κ2) is 12.3. The summed E-state index contributed by atoms with van der Waals surface area (Å²) in [6, 6.07) is 8.13. The molecule has 0 N–H and O–H groups in total. The van der Waals surface area contributed by atoms with Crippen molar-refractivity contribution in [2.24, 2.45) is 5.92 Å². The highest BCUT2D eigenvalue weighted by molar-refractivity contribution is 5.69. The third-order valence-electron chi connectivity index (χ3n) is 5.08. The van der Waals surface area contributed by atoms with Crippen LogP contribution in [0.3, 0.4) is 0 Å². The smallest absolute Gasteiger partial charge is 0.306 e. The van der Waals surface area contributed by atoms with Crippen LogP contribution >= 0.6 is 0 Å². The molecule has 0 saturated carbocycles. The first-order chi connectivity index (χ1) is 13.6. The summed E-state index contributed by atoms with van der Waals surface area (Å²) in [6.07, 6.45) is 12.1. The van der Waals surface area contributed by atoms with Gasteiger partial charge in [-0.15, -0.1) is 0 Å². The zero-order valence-corrected chi connectivity index (χ0v) is 17.6. The lowest BCUT2D eigenvalue weighted by molar-refractivity contribution is -0.144. The van der Waals surface area contributed by atoms with E-state index in [4.69, 9.17) is 4.74 Å². The third-order valence-corrected chi connectivity index (χ3v) is 5.08. The largest absolute Gasteiger partial charge is 0.465 e. The van der Waals surface area contributed by atoms with E-state index in [1.807, 2.05) is 36.7 Å². The predicted molar refractivity (Wildman–Crippen MR) is 114 cm³/mol. The molecule has 1 aromatic carbocycles. The summed E-state index contributed by atoms with van der Waals surface area (Å²) in [5.74, 6) is 1.05. The fourth-order valence-electron chi connectivity index (χ4n) is 2.88. The number of benzene rings is 1. The second-order valence-electron chi connectivity index (χ2n) is 7.62. The van der Waals surface area contributed by atoms with E-state index in [1.54, 1.807) is 0 Å². The molecular formula is C24H34N2O2.